The van der Waals surface area contributed by atoms with Gasteiger partial charge in [0, 0.05) is 42.7 Å². The third-order valence-corrected chi connectivity index (χ3v) is 8.99. The number of benzene rings is 3. The van der Waals surface area contributed by atoms with Gasteiger partial charge in [-0.15, -0.1) is 11.3 Å². The molecule has 2 N–H and O–H groups in total. The van der Waals surface area contributed by atoms with Crippen LogP contribution in [0.5, 0.6) is 0 Å². The lowest BCUT2D eigenvalue weighted by molar-refractivity contribution is -0.132. The summed E-state index contributed by atoms with van der Waals surface area (Å²) in [5, 5.41) is 14.0. The lowest BCUT2D eigenvalue weighted by Gasteiger charge is -2.28. The topological polar surface area (TPSA) is 87.5 Å². The van der Waals surface area contributed by atoms with Crippen LogP contribution in [0.3, 0.4) is 0 Å². The van der Waals surface area contributed by atoms with Gasteiger partial charge in [-0.25, -0.2) is 14.2 Å². The maximum Gasteiger partial charge on any atom is 0.345 e. The Morgan fingerprint density at radius 3 is 2.44 bits per heavy atom. The fraction of sp³-hybridized carbons (Fsp3) is 0.147. The molecular formula is C34H27FN4O3S. The van der Waals surface area contributed by atoms with Crippen LogP contribution in [0.4, 0.5) is 4.39 Å². The highest BCUT2D eigenvalue weighted by Gasteiger charge is 2.27. The number of rotatable bonds is 6. The largest absolute Gasteiger partial charge is 0.477 e. The average molecular weight is 591 g/mol. The third-order valence-electron chi connectivity index (χ3n) is 7.86. The van der Waals surface area contributed by atoms with Crippen LogP contribution in [0, 0.1) is 5.82 Å². The van der Waals surface area contributed by atoms with Gasteiger partial charge in [-0.1, -0.05) is 54.6 Å². The molecule has 9 heteroatoms. The number of aromatic carboxylic acids is 1. The molecule has 6 aromatic rings. The highest BCUT2D eigenvalue weighted by Crippen LogP contribution is 2.45. The number of halogens is 1. The first-order valence-electron chi connectivity index (χ1n) is 14.1. The van der Waals surface area contributed by atoms with Gasteiger partial charge in [-0.3, -0.25) is 4.79 Å². The van der Waals surface area contributed by atoms with Crippen LogP contribution in [0.15, 0.2) is 91.0 Å². The zero-order valence-corrected chi connectivity index (χ0v) is 23.9. The van der Waals surface area contributed by atoms with Crippen LogP contribution in [-0.4, -0.2) is 57.6 Å². The van der Waals surface area contributed by atoms with E-state index in [2.05, 4.69) is 5.32 Å². The molecule has 3 aromatic heterocycles. The number of carbonyl (C=O) groups excluding carboxylic acids is 1. The number of amides is 1. The van der Waals surface area contributed by atoms with Crippen molar-refractivity contribution in [2.45, 2.75) is 6.54 Å². The van der Waals surface area contributed by atoms with Crippen molar-refractivity contribution >= 4 is 44.3 Å². The molecule has 1 fully saturated rings. The van der Waals surface area contributed by atoms with Gasteiger partial charge in [-0.2, -0.15) is 0 Å². The van der Waals surface area contributed by atoms with Crippen LogP contribution < -0.4 is 5.32 Å². The van der Waals surface area contributed by atoms with Gasteiger partial charge in [-0.05, 0) is 47.5 Å². The van der Waals surface area contributed by atoms with E-state index in [9.17, 15) is 19.1 Å². The summed E-state index contributed by atoms with van der Waals surface area (Å²) < 4.78 is 16.7. The molecule has 0 unspecified atom stereocenters. The SMILES string of the molecule is O=C(O)c1cc2c(s1)c(-c1ccccc1)c(-c1ccc3nc(-c4cccc(F)c4)ccc3c1)n2CC(=O)N1CCNCC1. The van der Waals surface area contributed by atoms with Gasteiger partial charge in [0.15, 0.2) is 0 Å². The van der Waals surface area contributed by atoms with E-state index in [1.165, 1.54) is 23.5 Å². The molecule has 214 valence electrons. The van der Waals surface area contributed by atoms with Crippen LogP contribution in [-0.2, 0) is 11.3 Å². The smallest absolute Gasteiger partial charge is 0.345 e. The number of aromatic nitrogens is 2. The lowest BCUT2D eigenvalue weighted by Crippen LogP contribution is -2.47. The molecule has 1 aliphatic rings. The molecule has 1 amide bonds. The Kier molecular flexibility index (Phi) is 6.96. The molecule has 0 radical (unpaired) electrons. The van der Waals surface area contributed by atoms with Crippen molar-refractivity contribution in [1.82, 2.24) is 19.8 Å². The van der Waals surface area contributed by atoms with E-state index in [1.54, 1.807) is 12.1 Å². The predicted octanol–water partition coefficient (Wildman–Crippen LogP) is 6.52. The summed E-state index contributed by atoms with van der Waals surface area (Å²) in [6, 6.07) is 27.8. The van der Waals surface area contributed by atoms with Crippen molar-refractivity contribution in [3.8, 4) is 33.6 Å². The first-order chi connectivity index (χ1) is 21.0. The molecule has 1 aliphatic heterocycles. The second kappa shape index (κ2) is 11.1. The van der Waals surface area contributed by atoms with Gasteiger partial charge in [0.05, 0.1) is 27.1 Å². The quantitative estimate of drug-likeness (QED) is 0.231. The van der Waals surface area contributed by atoms with E-state index >= 15 is 0 Å². The summed E-state index contributed by atoms with van der Waals surface area (Å²) in [5.74, 6) is -1.32. The number of hydrogen-bond donors (Lipinski definition) is 2. The summed E-state index contributed by atoms with van der Waals surface area (Å²) in [7, 11) is 0. The Hall–Kier alpha value is -4.86. The van der Waals surface area contributed by atoms with E-state index in [0.717, 1.165) is 56.6 Å². The molecule has 0 bridgehead atoms. The number of hydrogen-bond acceptors (Lipinski definition) is 5. The van der Waals surface area contributed by atoms with Crippen molar-refractivity contribution in [3.05, 3.63) is 102 Å². The molecule has 7 rings (SSSR count). The molecule has 3 aromatic carbocycles. The number of carbonyl (C=O) groups is 2. The van der Waals surface area contributed by atoms with Gasteiger partial charge in [0.1, 0.15) is 17.2 Å². The highest BCUT2D eigenvalue weighted by molar-refractivity contribution is 7.21. The number of pyridine rings is 1. The molecule has 7 nitrogen and oxygen atoms in total. The van der Waals surface area contributed by atoms with Gasteiger partial charge in [0.25, 0.3) is 0 Å². The molecule has 0 spiro atoms. The number of nitrogens with zero attached hydrogens (tertiary/aromatic N) is 3. The van der Waals surface area contributed by atoms with E-state index < -0.39 is 5.97 Å². The first-order valence-corrected chi connectivity index (χ1v) is 14.9. The number of carboxylic acids is 1. The van der Waals surface area contributed by atoms with E-state index in [-0.39, 0.29) is 23.1 Å². The van der Waals surface area contributed by atoms with Crippen LogP contribution >= 0.6 is 11.3 Å². The molecular weight excluding hydrogens is 563 g/mol. The summed E-state index contributed by atoms with van der Waals surface area (Å²) in [6.45, 7) is 2.83. The highest BCUT2D eigenvalue weighted by atomic mass is 32.1. The van der Waals surface area contributed by atoms with Crippen LogP contribution in [0.2, 0.25) is 0 Å². The Bertz CT molecular complexity index is 2010. The summed E-state index contributed by atoms with van der Waals surface area (Å²) in [4.78, 5) is 32.5. The number of carboxylic acid groups (broad SMARTS) is 1. The number of piperazine rings is 1. The van der Waals surface area contributed by atoms with Crippen LogP contribution in [0.25, 0.3) is 54.8 Å². The lowest BCUT2D eigenvalue weighted by atomic mass is 9.99. The summed E-state index contributed by atoms with van der Waals surface area (Å²) >= 11 is 1.23. The maximum atomic E-state index is 13.9. The molecule has 43 heavy (non-hydrogen) atoms. The standard InChI is InChI=1S/C34H27FN4O3S/c35-25-8-4-7-22(18-25)26-11-9-23-17-24(10-12-27(23)37-26)32-31(21-5-2-1-3-6-21)33-28(19-29(43-33)34(41)42)39(32)20-30(40)38-15-13-36-14-16-38/h1-12,17-19,36H,13-16,20H2,(H,41,42). The van der Waals surface area contributed by atoms with Crippen molar-refractivity contribution in [2.24, 2.45) is 0 Å². The molecule has 4 heterocycles. The normalized spacial score (nSPS) is 13.6. The minimum Gasteiger partial charge on any atom is -0.477 e. The Labute approximate surface area is 250 Å². The van der Waals surface area contributed by atoms with Gasteiger partial charge >= 0.3 is 5.97 Å². The zero-order chi connectivity index (χ0) is 29.5. The molecule has 0 saturated carbocycles. The van der Waals surface area contributed by atoms with E-state index in [1.807, 2.05) is 76.2 Å². The van der Waals surface area contributed by atoms with Crippen molar-refractivity contribution in [2.75, 3.05) is 26.2 Å². The fourth-order valence-corrected chi connectivity index (χ4v) is 6.87. The first kappa shape index (κ1) is 27.0. The Balaban J connectivity index is 1.42. The predicted molar refractivity (Wildman–Crippen MR) is 168 cm³/mol. The second-order valence-corrected chi connectivity index (χ2v) is 11.6. The Morgan fingerprint density at radius 2 is 1.67 bits per heavy atom. The van der Waals surface area contributed by atoms with Crippen LogP contribution in [0.1, 0.15) is 9.67 Å². The van der Waals surface area contributed by atoms with Crippen molar-refractivity contribution in [1.29, 1.82) is 0 Å². The minimum absolute atomic E-state index is 0.00970. The maximum absolute atomic E-state index is 13.9. The van der Waals surface area contributed by atoms with Crippen molar-refractivity contribution in [3.63, 3.8) is 0 Å². The zero-order valence-electron chi connectivity index (χ0n) is 23.1. The number of nitrogens with one attached hydrogen (secondary N) is 1. The third kappa shape index (κ3) is 5.07. The second-order valence-electron chi connectivity index (χ2n) is 10.6. The van der Waals surface area contributed by atoms with Gasteiger partial charge < -0.3 is 19.9 Å². The molecule has 1 saturated heterocycles. The summed E-state index contributed by atoms with van der Waals surface area (Å²) in [5.41, 5.74) is 6.43. The molecule has 0 aliphatic carbocycles. The molecule has 0 atom stereocenters. The number of fused-ring (bicyclic) bond motifs is 2. The Morgan fingerprint density at radius 1 is 0.884 bits per heavy atom. The van der Waals surface area contributed by atoms with Crippen molar-refractivity contribution < 1.29 is 19.1 Å². The fourth-order valence-electron chi connectivity index (χ4n) is 5.80. The minimum atomic E-state index is -0.993. The number of thiophene rings is 1. The average Bonchev–Trinajstić information content (AvgIpc) is 3.60. The van der Waals surface area contributed by atoms with E-state index in [4.69, 9.17) is 4.98 Å². The summed E-state index contributed by atoms with van der Waals surface area (Å²) in [6.07, 6.45) is 0. The van der Waals surface area contributed by atoms with Gasteiger partial charge in [0.2, 0.25) is 5.91 Å². The van der Waals surface area contributed by atoms with E-state index in [0.29, 0.717) is 24.3 Å². The monoisotopic (exact) mass is 590 g/mol.